The number of hydrogen-bond donors (Lipinski definition) is 4. The van der Waals surface area contributed by atoms with Crippen LogP contribution in [-0.2, 0) is 11.0 Å². The van der Waals surface area contributed by atoms with Crippen LogP contribution < -0.4 is 5.30 Å². The number of phenolic OH excluding ortho intramolecular Hbond substituents is 2. The predicted octanol–water partition coefficient (Wildman–Crippen LogP) is 2.25. The molecule has 1 atom stereocenters. The summed E-state index contributed by atoms with van der Waals surface area (Å²) in [5.41, 5.74) is 1.26. The highest BCUT2D eigenvalue weighted by atomic mass is 31.2. The van der Waals surface area contributed by atoms with Gasteiger partial charge < -0.3 is 20.0 Å². The SMILES string of the molecule is CC(Cc1cc(O)ccc1P(=O)(O)O)c1cccc(O)c1. The molecule has 0 spiro atoms. The topological polar surface area (TPSA) is 98.0 Å². The molecule has 0 aliphatic rings. The van der Waals surface area contributed by atoms with Crippen LogP contribution in [0.4, 0.5) is 0 Å². The van der Waals surface area contributed by atoms with E-state index < -0.39 is 7.60 Å². The summed E-state index contributed by atoms with van der Waals surface area (Å²) < 4.78 is 11.5. The Morgan fingerprint density at radius 2 is 1.71 bits per heavy atom. The van der Waals surface area contributed by atoms with Crippen molar-refractivity contribution in [1.82, 2.24) is 0 Å². The van der Waals surface area contributed by atoms with Gasteiger partial charge in [0.05, 0.1) is 5.30 Å². The Kier molecular flexibility index (Phi) is 4.37. The normalized spacial score (nSPS) is 13.1. The molecule has 0 amide bonds. The Balaban J connectivity index is 2.35. The first-order valence-corrected chi connectivity index (χ1v) is 8.05. The number of rotatable bonds is 4. The van der Waals surface area contributed by atoms with Gasteiger partial charge in [-0.1, -0.05) is 19.1 Å². The second-order valence-electron chi connectivity index (χ2n) is 5.06. The van der Waals surface area contributed by atoms with Crippen LogP contribution in [0.15, 0.2) is 42.5 Å². The Hall–Kier alpha value is -1.81. The largest absolute Gasteiger partial charge is 0.508 e. The van der Waals surface area contributed by atoms with Gasteiger partial charge in [0.25, 0.3) is 0 Å². The van der Waals surface area contributed by atoms with Crippen molar-refractivity contribution in [3.8, 4) is 11.5 Å². The molecule has 6 heteroatoms. The first-order chi connectivity index (χ1) is 9.77. The molecular weight excluding hydrogens is 291 g/mol. The fraction of sp³-hybridized carbons (Fsp3) is 0.200. The quantitative estimate of drug-likeness (QED) is 0.649. The first kappa shape index (κ1) is 15.6. The van der Waals surface area contributed by atoms with E-state index in [1.54, 1.807) is 18.2 Å². The molecule has 112 valence electrons. The summed E-state index contributed by atoms with van der Waals surface area (Å²) in [5.74, 6) is 0.0416. The minimum absolute atomic E-state index is 0.0368. The van der Waals surface area contributed by atoms with Crippen LogP contribution in [-0.4, -0.2) is 20.0 Å². The minimum Gasteiger partial charge on any atom is -0.508 e. The molecule has 2 rings (SSSR count). The van der Waals surface area contributed by atoms with Crippen molar-refractivity contribution in [2.24, 2.45) is 0 Å². The number of phenols is 2. The van der Waals surface area contributed by atoms with Crippen molar-refractivity contribution < 1.29 is 24.6 Å². The van der Waals surface area contributed by atoms with Gasteiger partial charge in [-0.05, 0) is 53.8 Å². The average Bonchev–Trinajstić information content (AvgIpc) is 2.37. The molecule has 0 fully saturated rings. The lowest BCUT2D eigenvalue weighted by atomic mass is 9.93. The molecule has 2 aromatic rings. The van der Waals surface area contributed by atoms with E-state index in [4.69, 9.17) is 0 Å². The number of hydrogen-bond acceptors (Lipinski definition) is 3. The zero-order valence-electron chi connectivity index (χ0n) is 11.5. The number of benzene rings is 2. The fourth-order valence-electron chi connectivity index (χ4n) is 2.30. The molecule has 0 bridgehead atoms. The van der Waals surface area contributed by atoms with E-state index in [0.29, 0.717) is 12.0 Å². The highest BCUT2D eigenvalue weighted by Gasteiger charge is 2.23. The van der Waals surface area contributed by atoms with E-state index in [-0.39, 0.29) is 22.7 Å². The molecule has 1 unspecified atom stereocenters. The monoisotopic (exact) mass is 308 g/mol. The van der Waals surface area contributed by atoms with Crippen molar-refractivity contribution in [2.45, 2.75) is 19.3 Å². The van der Waals surface area contributed by atoms with Gasteiger partial charge in [0.15, 0.2) is 0 Å². The molecule has 0 aromatic heterocycles. The molecule has 0 aliphatic heterocycles. The van der Waals surface area contributed by atoms with E-state index in [9.17, 15) is 24.6 Å². The van der Waals surface area contributed by atoms with Gasteiger partial charge >= 0.3 is 7.60 Å². The van der Waals surface area contributed by atoms with Gasteiger partial charge in [-0.3, -0.25) is 4.57 Å². The maximum atomic E-state index is 11.5. The zero-order valence-corrected chi connectivity index (χ0v) is 12.4. The van der Waals surface area contributed by atoms with Crippen molar-refractivity contribution in [2.75, 3.05) is 0 Å². The highest BCUT2D eigenvalue weighted by Crippen LogP contribution is 2.37. The number of aromatic hydroxyl groups is 2. The Morgan fingerprint density at radius 3 is 2.33 bits per heavy atom. The van der Waals surface area contributed by atoms with Gasteiger partial charge in [-0.15, -0.1) is 0 Å². The standard InChI is InChI=1S/C15H17O5P/c1-10(11-3-2-4-13(16)8-11)7-12-9-14(17)5-6-15(12)21(18,19)20/h2-6,8-10,16-17H,7H2,1H3,(H2,18,19,20). The molecule has 0 radical (unpaired) electrons. The lowest BCUT2D eigenvalue weighted by Gasteiger charge is -2.16. The molecule has 0 heterocycles. The second-order valence-corrected chi connectivity index (χ2v) is 6.63. The Bertz CT molecular complexity index is 692. The molecular formula is C15H17O5P. The molecule has 0 saturated heterocycles. The smallest absolute Gasteiger partial charge is 0.356 e. The third kappa shape index (κ3) is 3.85. The summed E-state index contributed by atoms with van der Waals surface area (Å²) in [4.78, 5) is 18.8. The fourth-order valence-corrected chi connectivity index (χ4v) is 3.10. The maximum Gasteiger partial charge on any atom is 0.356 e. The van der Waals surface area contributed by atoms with Crippen molar-refractivity contribution in [3.63, 3.8) is 0 Å². The Labute approximate surface area is 122 Å². The molecule has 21 heavy (non-hydrogen) atoms. The molecule has 0 saturated carbocycles. The maximum absolute atomic E-state index is 11.5. The summed E-state index contributed by atoms with van der Waals surface area (Å²) in [6.07, 6.45) is 0.346. The predicted molar refractivity (Wildman–Crippen MR) is 80.0 cm³/mol. The van der Waals surface area contributed by atoms with Crippen molar-refractivity contribution in [3.05, 3.63) is 53.6 Å². The third-order valence-electron chi connectivity index (χ3n) is 3.34. The van der Waals surface area contributed by atoms with Crippen LogP contribution in [0.25, 0.3) is 0 Å². The van der Waals surface area contributed by atoms with Gasteiger partial charge in [-0.25, -0.2) is 0 Å². The van der Waals surface area contributed by atoms with Crippen LogP contribution in [0, 0.1) is 0 Å². The summed E-state index contributed by atoms with van der Waals surface area (Å²) >= 11 is 0. The van der Waals surface area contributed by atoms with Gasteiger partial charge in [0.1, 0.15) is 11.5 Å². The molecule has 5 nitrogen and oxygen atoms in total. The highest BCUT2D eigenvalue weighted by molar-refractivity contribution is 7.60. The second kappa shape index (κ2) is 5.90. The van der Waals surface area contributed by atoms with Crippen LogP contribution in [0.3, 0.4) is 0 Å². The first-order valence-electron chi connectivity index (χ1n) is 6.44. The van der Waals surface area contributed by atoms with Crippen LogP contribution in [0.2, 0.25) is 0 Å². The lowest BCUT2D eigenvalue weighted by Crippen LogP contribution is -2.13. The average molecular weight is 308 g/mol. The lowest BCUT2D eigenvalue weighted by molar-refractivity contribution is 0.387. The zero-order chi connectivity index (χ0) is 15.6. The van der Waals surface area contributed by atoms with E-state index in [0.717, 1.165) is 5.56 Å². The van der Waals surface area contributed by atoms with Crippen molar-refractivity contribution in [1.29, 1.82) is 0 Å². The van der Waals surface area contributed by atoms with Gasteiger partial charge in [-0.2, -0.15) is 0 Å². The molecule has 2 aromatic carbocycles. The Morgan fingerprint density at radius 1 is 1.05 bits per heavy atom. The van der Waals surface area contributed by atoms with Crippen molar-refractivity contribution >= 4 is 12.9 Å². The van der Waals surface area contributed by atoms with Gasteiger partial charge in [0, 0.05) is 0 Å². The molecule has 4 N–H and O–H groups in total. The van der Waals surface area contributed by atoms with Crippen LogP contribution >= 0.6 is 7.60 Å². The summed E-state index contributed by atoms with van der Waals surface area (Å²) in [6, 6.07) is 10.6. The van der Waals surface area contributed by atoms with E-state index in [1.165, 1.54) is 18.2 Å². The van der Waals surface area contributed by atoms with E-state index >= 15 is 0 Å². The minimum atomic E-state index is -4.39. The third-order valence-corrected chi connectivity index (χ3v) is 4.41. The molecule has 0 aliphatic carbocycles. The summed E-state index contributed by atoms with van der Waals surface area (Å²) in [5, 5.41) is 19.0. The van der Waals surface area contributed by atoms with E-state index in [2.05, 4.69) is 0 Å². The summed E-state index contributed by atoms with van der Waals surface area (Å²) in [6.45, 7) is 1.89. The van der Waals surface area contributed by atoms with Crippen LogP contribution in [0.5, 0.6) is 11.5 Å². The van der Waals surface area contributed by atoms with Crippen LogP contribution in [0.1, 0.15) is 24.0 Å². The summed E-state index contributed by atoms with van der Waals surface area (Å²) in [7, 11) is -4.39. The van der Waals surface area contributed by atoms with Gasteiger partial charge in [0.2, 0.25) is 0 Å². The van der Waals surface area contributed by atoms with E-state index in [1.807, 2.05) is 13.0 Å².